The van der Waals surface area contributed by atoms with E-state index in [4.69, 9.17) is 11.6 Å². The standard InChI is InChI=1S/C16H13ClN4O2S/c1-21-9-8-14(20-21)19-16(23)15-12(6-7-13(17)18-15)24-11-4-2-10(22)3-5-11/h2-9,22H,1H3,(H,19,20,23). The van der Waals surface area contributed by atoms with Crippen LogP contribution in [0.3, 0.4) is 0 Å². The van der Waals surface area contributed by atoms with Gasteiger partial charge in [0.1, 0.15) is 16.6 Å². The van der Waals surface area contributed by atoms with E-state index in [2.05, 4.69) is 15.4 Å². The van der Waals surface area contributed by atoms with Crippen molar-refractivity contribution in [2.45, 2.75) is 9.79 Å². The van der Waals surface area contributed by atoms with Crippen LogP contribution in [0.1, 0.15) is 10.5 Å². The summed E-state index contributed by atoms with van der Waals surface area (Å²) in [5.74, 6) is 0.226. The van der Waals surface area contributed by atoms with Crippen LogP contribution in [0.25, 0.3) is 0 Å². The van der Waals surface area contributed by atoms with Crippen LogP contribution in [0.4, 0.5) is 5.82 Å². The molecule has 0 bridgehead atoms. The zero-order valence-corrected chi connectivity index (χ0v) is 14.2. The quantitative estimate of drug-likeness (QED) is 0.695. The maximum absolute atomic E-state index is 12.5. The summed E-state index contributed by atoms with van der Waals surface area (Å²) < 4.78 is 1.59. The number of anilines is 1. The number of hydrogen-bond acceptors (Lipinski definition) is 5. The van der Waals surface area contributed by atoms with Gasteiger partial charge >= 0.3 is 0 Å². The van der Waals surface area contributed by atoms with E-state index >= 15 is 0 Å². The van der Waals surface area contributed by atoms with Gasteiger partial charge in [-0.25, -0.2) is 4.98 Å². The van der Waals surface area contributed by atoms with Crippen LogP contribution in [0.15, 0.2) is 58.5 Å². The van der Waals surface area contributed by atoms with E-state index in [1.807, 2.05) is 0 Å². The average molecular weight is 361 g/mol. The Kier molecular flexibility index (Phi) is 4.73. The fraction of sp³-hybridized carbons (Fsp3) is 0.0625. The SMILES string of the molecule is Cn1ccc(NC(=O)c2nc(Cl)ccc2Sc2ccc(O)cc2)n1. The van der Waals surface area contributed by atoms with Crippen LogP contribution in [-0.2, 0) is 7.05 Å². The second kappa shape index (κ2) is 6.94. The molecule has 0 atom stereocenters. The molecule has 0 fully saturated rings. The number of phenols is 1. The van der Waals surface area contributed by atoms with Crippen molar-refractivity contribution in [1.82, 2.24) is 14.8 Å². The first kappa shape index (κ1) is 16.4. The third-order valence-corrected chi connectivity index (χ3v) is 4.33. The second-order valence-corrected chi connectivity index (χ2v) is 6.41. The molecule has 0 spiro atoms. The number of nitrogens with one attached hydrogen (secondary N) is 1. The van der Waals surface area contributed by atoms with Gasteiger partial charge < -0.3 is 10.4 Å². The lowest BCUT2D eigenvalue weighted by molar-refractivity contribution is 0.101. The van der Waals surface area contributed by atoms with Crippen LogP contribution < -0.4 is 5.32 Å². The maximum atomic E-state index is 12.5. The van der Waals surface area contributed by atoms with Gasteiger partial charge in [0.05, 0.1) is 0 Å². The van der Waals surface area contributed by atoms with Crippen LogP contribution in [0.2, 0.25) is 5.15 Å². The Morgan fingerprint density at radius 3 is 2.62 bits per heavy atom. The van der Waals surface area contributed by atoms with E-state index in [0.29, 0.717) is 10.7 Å². The Morgan fingerprint density at radius 2 is 1.96 bits per heavy atom. The number of rotatable bonds is 4. The Labute approximate surface area is 147 Å². The Hall–Kier alpha value is -2.51. The minimum absolute atomic E-state index is 0.182. The third-order valence-electron chi connectivity index (χ3n) is 3.06. The molecule has 2 aromatic heterocycles. The van der Waals surface area contributed by atoms with Crippen molar-refractivity contribution in [3.05, 3.63) is 59.5 Å². The molecule has 2 N–H and O–H groups in total. The minimum atomic E-state index is -0.391. The van der Waals surface area contributed by atoms with Crippen LogP contribution in [-0.4, -0.2) is 25.8 Å². The highest BCUT2D eigenvalue weighted by Gasteiger charge is 2.16. The summed E-state index contributed by atoms with van der Waals surface area (Å²) in [7, 11) is 1.76. The second-order valence-electron chi connectivity index (χ2n) is 4.91. The molecule has 122 valence electrons. The molecule has 0 saturated carbocycles. The Morgan fingerprint density at radius 1 is 1.21 bits per heavy atom. The van der Waals surface area contributed by atoms with Gasteiger partial charge in [0.25, 0.3) is 5.91 Å². The van der Waals surface area contributed by atoms with E-state index < -0.39 is 5.91 Å². The van der Waals surface area contributed by atoms with E-state index in [1.165, 1.54) is 11.8 Å². The summed E-state index contributed by atoms with van der Waals surface area (Å²) in [6, 6.07) is 11.7. The zero-order chi connectivity index (χ0) is 17.1. The number of amides is 1. The predicted molar refractivity (Wildman–Crippen MR) is 92.6 cm³/mol. The smallest absolute Gasteiger partial charge is 0.276 e. The highest BCUT2D eigenvalue weighted by atomic mass is 35.5. The van der Waals surface area contributed by atoms with Crippen molar-refractivity contribution in [3.8, 4) is 5.75 Å². The number of halogens is 1. The number of nitrogens with zero attached hydrogens (tertiary/aromatic N) is 3. The molecular weight excluding hydrogens is 348 g/mol. The van der Waals surface area contributed by atoms with Crippen molar-refractivity contribution < 1.29 is 9.90 Å². The first-order valence-corrected chi connectivity index (χ1v) is 8.15. The first-order chi connectivity index (χ1) is 11.5. The van der Waals surface area contributed by atoms with E-state index in [1.54, 1.807) is 60.4 Å². The molecule has 3 aromatic rings. The Bertz CT molecular complexity index is 880. The molecule has 8 heteroatoms. The fourth-order valence-corrected chi connectivity index (χ4v) is 3.01. The largest absolute Gasteiger partial charge is 0.508 e. The summed E-state index contributed by atoms with van der Waals surface area (Å²) in [6.07, 6.45) is 1.73. The monoisotopic (exact) mass is 360 g/mol. The molecule has 1 aromatic carbocycles. The van der Waals surface area contributed by atoms with E-state index in [0.717, 1.165) is 4.90 Å². The normalized spacial score (nSPS) is 10.6. The average Bonchev–Trinajstić information content (AvgIpc) is 2.96. The third kappa shape index (κ3) is 3.87. The summed E-state index contributed by atoms with van der Waals surface area (Å²) in [4.78, 5) is 18.2. The highest BCUT2D eigenvalue weighted by molar-refractivity contribution is 7.99. The molecule has 0 aliphatic rings. The van der Waals surface area contributed by atoms with Gasteiger partial charge in [0, 0.05) is 29.1 Å². The fourth-order valence-electron chi connectivity index (χ4n) is 1.97. The van der Waals surface area contributed by atoms with Gasteiger partial charge in [-0.05, 0) is 36.4 Å². The van der Waals surface area contributed by atoms with Gasteiger partial charge in [-0.3, -0.25) is 9.48 Å². The Balaban J connectivity index is 1.87. The van der Waals surface area contributed by atoms with Gasteiger partial charge in [-0.15, -0.1) is 0 Å². The zero-order valence-electron chi connectivity index (χ0n) is 12.6. The van der Waals surface area contributed by atoms with Crippen molar-refractivity contribution in [1.29, 1.82) is 0 Å². The maximum Gasteiger partial charge on any atom is 0.276 e. The molecule has 6 nitrogen and oxygen atoms in total. The van der Waals surface area contributed by atoms with Crippen molar-refractivity contribution in [2.75, 3.05) is 5.32 Å². The topological polar surface area (TPSA) is 80.0 Å². The molecular formula is C16H13ClN4O2S. The van der Waals surface area contributed by atoms with Gasteiger partial charge in [-0.1, -0.05) is 23.4 Å². The first-order valence-electron chi connectivity index (χ1n) is 6.96. The number of aromatic nitrogens is 3. The van der Waals surface area contributed by atoms with Crippen molar-refractivity contribution in [2.24, 2.45) is 7.05 Å². The molecule has 3 rings (SSSR count). The van der Waals surface area contributed by atoms with Crippen molar-refractivity contribution >= 4 is 35.1 Å². The van der Waals surface area contributed by atoms with Crippen molar-refractivity contribution in [3.63, 3.8) is 0 Å². The lowest BCUT2D eigenvalue weighted by Crippen LogP contribution is -2.15. The lowest BCUT2D eigenvalue weighted by Gasteiger charge is -2.08. The number of phenolic OH excluding ortho intramolecular Hbond substituents is 1. The molecule has 0 aliphatic heterocycles. The van der Waals surface area contributed by atoms with E-state index in [-0.39, 0.29) is 16.6 Å². The number of carbonyl (C=O) groups excluding carboxylic acids is 1. The number of pyridine rings is 1. The number of benzene rings is 1. The van der Waals surface area contributed by atoms with Gasteiger partial charge in [0.15, 0.2) is 5.82 Å². The summed E-state index contributed by atoms with van der Waals surface area (Å²) in [5, 5.41) is 16.4. The highest BCUT2D eigenvalue weighted by Crippen LogP contribution is 2.31. The summed E-state index contributed by atoms with van der Waals surface area (Å²) in [6.45, 7) is 0. The number of hydrogen-bond donors (Lipinski definition) is 2. The van der Waals surface area contributed by atoms with Crippen LogP contribution in [0.5, 0.6) is 5.75 Å². The van der Waals surface area contributed by atoms with Gasteiger partial charge in [0.2, 0.25) is 0 Å². The molecule has 0 unspecified atom stereocenters. The predicted octanol–water partition coefficient (Wildman–Crippen LogP) is 3.58. The molecule has 24 heavy (non-hydrogen) atoms. The molecule has 2 heterocycles. The van der Waals surface area contributed by atoms with Crippen LogP contribution >= 0.6 is 23.4 Å². The summed E-state index contributed by atoms with van der Waals surface area (Å²) in [5.41, 5.74) is 0.214. The van der Waals surface area contributed by atoms with Crippen LogP contribution in [0, 0.1) is 0 Å². The number of aromatic hydroxyl groups is 1. The summed E-state index contributed by atoms with van der Waals surface area (Å²) >= 11 is 7.30. The minimum Gasteiger partial charge on any atom is -0.508 e. The lowest BCUT2D eigenvalue weighted by atomic mass is 10.3. The number of aryl methyl sites for hydroxylation is 1. The molecule has 0 radical (unpaired) electrons. The molecule has 0 saturated heterocycles. The van der Waals surface area contributed by atoms with E-state index in [9.17, 15) is 9.90 Å². The molecule has 1 amide bonds. The molecule has 0 aliphatic carbocycles. The van der Waals surface area contributed by atoms with Gasteiger partial charge in [-0.2, -0.15) is 5.10 Å². The number of carbonyl (C=O) groups is 1.